The molecule has 1 unspecified atom stereocenters. The van der Waals surface area contributed by atoms with Gasteiger partial charge in [0.2, 0.25) is 0 Å². The molecule has 0 radical (unpaired) electrons. The second-order valence-electron chi connectivity index (χ2n) is 5.70. The highest BCUT2D eigenvalue weighted by atomic mass is 16.4. The molecule has 0 spiro atoms. The third-order valence-electron chi connectivity index (χ3n) is 4.29. The Balaban J connectivity index is 1.76. The largest absolute Gasteiger partial charge is 0.508 e. The van der Waals surface area contributed by atoms with E-state index in [4.69, 9.17) is 5.11 Å². The van der Waals surface area contributed by atoms with Gasteiger partial charge < -0.3 is 15.1 Å². The van der Waals surface area contributed by atoms with Gasteiger partial charge in [0.1, 0.15) is 5.75 Å². The van der Waals surface area contributed by atoms with Gasteiger partial charge in [0.25, 0.3) is 0 Å². The van der Waals surface area contributed by atoms with Crippen LogP contribution in [0.2, 0.25) is 0 Å². The maximum absolute atomic E-state index is 10.9. The number of hydrogen-bond donors (Lipinski definition) is 2. The molecule has 4 heteroatoms. The molecule has 1 atom stereocenters. The third kappa shape index (κ3) is 3.97. The number of piperidine rings is 1. The lowest BCUT2D eigenvalue weighted by Crippen LogP contribution is -2.41. The fraction of sp³-hybridized carbons (Fsp3) is 0.562. The molecule has 2 N–H and O–H groups in total. The number of carboxylic acid groups (broad SMARTS) is 1. The summed E-state index contributed by atoms with van der Waals surface area (Å²) in [6.45, 7) is 3.98. The highest BCUT2D eigenvalue weighted by Crippen LogP contribution is 2.21. The first kappa shape index (κ1) is 14.9. The molecule has 1 saturated heterocycles. The van der Waals surface area contributed by atoms with Crippen molar-refractivity contribution in [1.82, 2.24) is 4.90 Å². The van der Waals surface area contributed by atoms with Crippen LogP contribution < -0.4 is 0 Å². The van der Waals surface area contributed by atoms with Gasteiger partial charge in [0.15, 0.2) is 0 Å². The van der Waals surface area contributed by atoms with Gasteiger partial charge in [-0.3, -0.25) is 4.79 Å². The molecule has 0 bridgehead atoms. The first-order chi connectivity index (χ1) is 9.56. The van der Waals surface area contributed by atoms with Crippen molar-refractivity contribution in [1.29, 1.82) is 0 Å². The van der Waals surface area contributed by atoms with Crippen molar-refractivity contribution in [3.8, 4) is 5.75 Å². The number of aliphatic carboxylic acids is 1. The van der Waals surface area contributed by atoms with Gasteiger partial charge in [-0.25, -0.2) is 0 Å². The fourth-order valence-corrected chi connectivity index (χ4v) is 2.81. The Morgan fingerprint density at radius 2 is 1.90 bits per heavy atom. The average Bonchev–Trinajstić information content (AvgIpc) is 2.46. The van der Waals surface area contributed by atoms with E-state index in [0.717, 1.165) is 38.8 Å². The Hall–Kier alpha value is -1.55. The van der Waals surface area contributed by atoms with Crippen LogP contribution in [-0.4, -0.2) is 40.2 Å². The van der Waals surface area contributed by atoms with E-state index < -0.39 is 5.97 Å². The van der Waals surface area contributed by atoms with E-state index in [2.05, 4.69) is 11.8 Å². The average molecular weight is 277 g/mol. The number of rotatable bonds is 5. The Labute approximate surface area is 120 Å². The molecule has 2 rings (SSSR count). The SMILES string of the molecule is CC(CCc1ccc(O)cc1)N1CCC(C(=O)O)CC1. The predicted octanol–water partition coefficient (Wildman–Crippen LogP) is 2.51. The zero-order valence-electron chi connectivity index (χ0n) is 12.0. The molecule has 1 heterocycles. The van der Waals surface area contributed by atoms with Crippen LogP contribution in [0, 0.1) is 5.92 Å². The molecule has 1 aromatic carbocycles. The van der Waals surface area contributed by atoms with E-state index in [0.29, 0.717) is 11.8 Å². The number of hydrogen-bond acceptors (Lipinski definition) is 3. The monoisotopic (exact) mass is 277 g/mol. The van der Waals surface area contributed by atoms with Crippen LogP contribution in [0.3, 0.4) is 0 Å². The lowest BCUT2D eigenvalue weighted by Gasteiger charge is -2.34. The van der Waals surface area contributed by atoms with E-state index in [1.807, 2.05) is 12.1 Å². The lowest BCUT2D eigenvalue weighted by molar-refractivity contribution is -0.143. The number of carbonyl (C=O) groups is 1. The van der Waals surface area contributed by atoms with Crippen LogP contribution >= 0.6 is 0 Å². The van der Waals surface area contributed by atoms with Crippen LogP contribution in [0.25, 0.3) is 0 Å². The molecule has 0 saturated carbocycles. The molecule has 1 fully saturated rings. The van der Waals surface area contributed by atoms with Crippen molar-refractivity contribution < 1.29 is 15.0 Å². The van der Waals surface area contributed by atoms with E-state index in [-0.39, 0.29) is 5.92 Å². The number of aromatic hydroxyl groups is 1. The number of nitrogens with zero attached hydrogens (tertiary/aromatic N) is 1. The molecule has 1 aromatic rings. The molecule has 4 nitrogen and oxygen atoms in total. The summed E-state index contributed by atoms with van der Waals surface area (Å²) < 4.78 is 0. The van der Waals surface area contributed by atoms with E-state index >= 15 is 0 Å². The molecule has 20 heavy (non-hydrogen) atoms. The number of phenolic OH excluding ortho intramolecular Hbond substituents is 1. The van der Waals surface area contributed by atoms with E-state index in [9.17, 15) is 9.90 Å². The van der Waals surface area contributed by atoms with Gasteiger partial charge in [-0.2, -0.15) is 0 Å². The molecular formula is C16H23NO3. The molecule has 0 aliphatic carbocycles. The van der Waals surface area contributed by atoms with Gasteiger partial charge in [0.05, 0.1) is 5.92 Å². The van der Waals surface area contributed by atoms with E-state index in [1.54, 1.807) is 12.1 Å². The van der Waals surface area contributed by atoms with Crippen molar-refractivity contribution in [2.75, 3.05) is 13.1 Å². The maximum atomic E-state index is 10.9. The molecule has 0 aromatic heterocycles. The summed E-state index contributed by atoms with van der Waals surface area (Å²) >= 11 is 0. The van der Waals surface area contributed by atoms with Gasteiger partial charge in [-0.05, 0) is 63.4 Å². The predicted molar refractivity (Wildman–Crippen MR) is 77.8 cm³/mol. The Kier molecular flexibility index (Phi) is 5.01. The van der Waals surface area contributed by atoms with Crippen molar-refractivity contribution in [2.24, 2.45) is 5.92 Å². The van der Waals surface area contributed by atoms with Gasteiger partial charge in [-0.15, -0.1) is 0 Å². The van der Waals surface area contributed by atoms with Gasteiger partial charge in [-0.1, -0.05) is 12.1 Å². The van der Waals surface area contributed by atoms with Crippen molar-refractivity contribution in [3.63, 3.8) is 0 Å². The van der Waals surface area contributed by atoms with Crippen LogP contribution in [-0.2, 0) is 11.2 Å². The van der Waals surface area contributed by atoms with E-state index in [1.165, 1.54) is 5.56 Å². The summed E-state index contributed by atoms with van der Waals surface area (Å²) in [5.41, 5.74) is 1.23. The topological polar surface area (TPSA) is 60.8 Å². The highest BCUT2D eigenvalue weighted by molar-refractivity contribution is 5.70. The first-order valence-electron chi connectivity index (χ1n) is 7.31. The smallest absolute Gasteiger partial charge is 0.306 e. The number of likely N-dealkylation sites (tertiary alicyclic amines) is 1. The standard InChI is InChI=1S/C16H23NO3/c1-12(2-3-13-4-6-15(18)7-5-13)17-10-8-14(9-11-17)16(19)20/h4-7,12,14,18H,2-3,8-11H2,1H3,(H,19,20). The number of aryl methyl sites for hydroxylation is 1. The van der Waals surface area contributed by atoms with Crippen molar-refractivity contribution in [3.05, 3.63) is 29.8 Å². The van der Waals surface area contributed by atoms with Crippen molar-refractivity contribution in [2.45, 2.75) is 38.6 Å². The first-order valence-corrected chi connectivity index (χ1v) is 7.31. The van der Waals surface area contributed by atoms with Crippen LogP contribution in [0.5, 0.6) is 5.75 Å². The Morgan fingerprint density at radius 1 is 1.30 bits per heavy atom. The molecule has 1 aliphatic heterocycles. The molecular weight excluding hydrogens is 254 g/mol. The molecule has 110 valence electrons. The minimum Gasteiger partial charge on any atom is -0.508 e. The normalized spacial score (nSPS) is 18.9. The van der Waals surface area contributed by atoms with Crippen molar-refractivity contribution >= 4 is 5.97 Å². The van der Waals surface area contributed by atoms with Crippen LogP contribution in [0.1, 0.15) is 31.7 Å². The summed E-state index contributed by atoms with van der Waals surface area (Å²) in [6.07, 6.45) is 3.57. The molecule has 1 aliphatic rings. The second-order valence-corrected chi connectivity index (χ2v) is 5.70. The summed E-state index contributed by atoms with van der Waals surface area (Å²) in [4.78, 5) is 13.3. The zero-order valence-corrected chi connectivity index (χ0v) is 12.0. The van der Waals surface area contributed by atoms with Crippen LogP contribution in [0.4, 0.5) is 0 Å². The molecule has 0 amide bonds. The summed E-state index contributed by atoms with van der Waals surface area (Å²) in [7, 11) is 0. The quantitative estimate of drug-likeness (QED) is 0.868. The number of phenols is 1. The summed E-state index contributed by atoms with van der Waals surface area (Å²) in [6, 6.07) is 7.83. The minimum atomic E-state index is -0.651. The van der Waals surface area contributed by atoms with Crippen LogP contribution in [0.15, 0.2) is 24.3 Å². The summed E-state index contributed by atoms with van der Waals surface area (Å²) in [5.74, 6) is -0.505. The lowest BCUT2D eigenvalue weighted by atomic mass is 9.95. The maximum Gasteiger partial charge on any atom is 0.306 e. The van der Waals surface area contributed by atoms with Gasteiger partial charge >= 0.3 is 5.97 Å². The zero-order chi connectivity index (χ0) is 14.5. The minimum absolute atomic E-state index is 0.157. The fourth-order valence-electron chi connectivity index (χ4n) is 2.81. The van der Waals surface area contributed by atoms with Gasteiger partial charge in [0, 0.05) is 6.04 Å². The Bertz CT molecular complexity index is 436. The number of benzene rings is 1. The Morgan fingerprint density at radius 3 is 2.45 bits per heavy atom. The highest BCUT2D eigenvalue weighted by Gasteiger charge is 2.26. The second kappa shape index (κ2) is 6.75. The number of carboxylic acids is 1. The third-order valence-corrected chi connectivity index (χ3v) is 4.29. The summed E-state index contributed by atoms with van der Waals surface area (Å²) in [5, 5.41) is 18.3.